The highest BCUT2D eigenvalue weighted by Gasteiger charge is 2.30. The molecule has 0 radical (unpaired) electrons. The van der Waals surface area contributed by atoms with E-state index in [1.165, 1.54) is 0 Å². The summed E-state index contributed by atoms with van der Waals surface area (Å²) in [5.41, 5.74) is 2.94. The summed E-state index contributed by atoms with van der Waals surface area (Å²) in [6.45, 7) is 8.18. The molecule has 1 saturated heterocycles. The highest BCUT2D eigenvalue weighted by atomic mass is 16.5. The van der Waals surface area contributed by atoms with E-state index >= 15 is 0 Å². The van der Waals surface area contributed by atoms with Crippen molar-refractivity contribution in [1.82, 2.24) is 15.1 Å². The fourth-order valence-electron chi connectivity index (χ4n) is 3.73. The second-order valence-corrected chi connectivity index (χ2v) is 6.99. The van der Waals surface area contributed by atoms with Crippen molar-refractivity contribution in [2.45, 2.75) is 39.5 Å². The summed E-state index contributed by atoms with van der Waals surface area (Å²) in [5.74, 6) is 1.31. The van der Waals surface area contributed by atoms with Crippen molar-refractivity contribution in [3.05, 3.63) is 47.3 Å². The molecule has 134 valence electrons. The summed E-state index contributed by atoms with van der Waals surface area (Å²) in [6.07, 6.45) is 2.14. The van der Waals surface area contributed by atoms with Gasteiger partial charge >= 0.3 is 0 Å². The molecule has 2 aromatic rings. The van der Waals surface area contributed by atoms with E-state index in [1.54, 1.807) is 0 Å². The molecule has 0 saturated carbocycles. The molecule has 5 heteroatoms. The number of para-hydroxylation sites is 1. The van der Waals surface area contributed by atoms with Gasteiger partial charge in [0.05, 0.1) is 18.2 Å². The van der Waals surface area contributed by atoms with Crippen LogP contribution in [-0.2, 0) is 4.79 Å². The molecule has 1 aromatic heterocycles. The fraction of sp³-hybridized carbons (Fsp3) is 0.500. The van der Waals surface area contributed by atoms with Crippen LogP contribution >= 0.6 is 0 Å². The number of likely N-dealkylation sites (tertiary alicyclic amines) is 1. The first kappa shape index (κ1) is 17.5. The Morgan fingerprint density at radius 2 is 2.12 bits per heavy atom. The van der Waals surface area contributed by atoms with E-state index < -0.39 is 0 Å². The Morgan fingerprint density at radius 3 is 2.80 bits per heavy atom. The van der Waals surface area contributed by atoms with Crippen LogP contribution in [0.25, 0.3) is 0 Å². The highest BCUT2D eigenvalue weighted by Crippen LogP contribution is 2.26. The van der Waals surface area contributed by atoms with Crippen molar-refractivity contribution in [3.63, 3.8) is 0 Å². The number of piperidine rings is 1. The largest absolute Gasteiger partial charge is 0.493 e. The Hall–Kier alpha value is -2.30. The van der Waals surface area contributed by atoms with Gasteiger partial charge in [-0.3, -0.25) is 9.89 Å². The summed E-state index contributed by atoms with van der Waals surface area (Å²) >= 11 is 0. The van der Waals surface area contributed by atoms with Crippen LogP contribution in [0, 0.1) is 19.8 Å². The predicted octanol–water partition coefficient (Wildman–Crippen LogP) is 3.45. The lowest BCUT2D eigenvalue weighted by molar-refractivity contribution is -0.134. The Bertz CT molecular complexity index is 691. The molecule has 0 bridgehead atoms. The number of rotatable bonds is 5. The molecule has 1 N–H and O–H groups in total. The van der Waals surface area contributed by atoms with Crippen molar-refractivity contribution >= 4 is 5.91 Å². The topological polar surface area (TPSA) is 58.2 Å². The number of carbonyl (C=O) groups excluding carboxylic acids is 1. The smallest absolute Gasteiger partial charge is 0.229 e. The number of aryl methyl sites for hydroxylation is 2. The monoisotopic (exact) mass is 341 g/mol. The lowest BCUT2D eigenvalue weighted by Gasteiger charge is -2.34. The number of hydrogen-bond acceptors (Lipinski definition) is 3. The van der Waals surface area contributed by atoms with Gasteiger partial charge in [-0.15, -0.1) is 0 Å². The van der Waals surface area contributed by atoms with Gasteiger partial charge in [-0.05, 0) is 45.7 Å². The molecule has 0 aliphatic carbocycles. The van der Waals surface area contributed by atoms with Gasteiger partial charge in [-0.1, -0.05) is 18.2 Å². The molecule has 5 nitrogen and oxygen atoms in total. The summed E-state index contributed by atoms with van der Waals surface area (Å²) < 4.78 is 5.89. The molecule has 1 aliphatic heterocycles. The van der Waals surface area contributed by atoms with Gasteiger partial charge in [0.15, 0.2) is 0 Å². The van der Waals surface area contributed by atoms with Gasteiger partial charge in [-0.2, -0.15) is 5.10 Å². The number of nitrogens with one attached hydrogen (secondary N) is 1. The molecule has 1 amide bonds. The first-order valence-electron chi connectivity index (χ1n) is 9.04. The van der Waals surface area contributed by atoms with Crippen molar-refractivity contribution < 1.29 is 9.53 Å². The molecule has 0 unspecified atom stereocenters. The van der Waals surface area contributed by atoms with E-state index in [4.69, 9.17) is 4.74 Å². The average Bonchev–Trinajstić information content (AvgIpc) is 2.98. The summed E-state index contributed by atoms with van der Waals surface area (Å²) in [5, 5.41) is 7.21. The Morgan fingerprint density at radius 1 is 1.36 bits per heavy atom. The SMILES string of the molecule is Cc1n[nH]c(C)c1[C@H](C)C(=O)N1CCC[C@@H](COc2ccccc2)C1. The molecule has 3 rings (SSSR count). The molecule has 2 heterocycles. The maximum Gasteiger partial charge on any atom is 0.229 e. The van der Waals surface area contributed by atoms with Crippen LogP contribution in [0.5, 0.6) is 5.75 Å². The quantitative estimate of drug-likeness (QED) is 0.906. The van der Waals surface area contributed by atoms with Gasteiger partial charge in [0.1, 0.15) is 5.75 Å². The van der Waals surface area contributed by atoms with Crippen LogP contribution in [-0.4, -0.2) is 40.7 Å². The molecule has 1 aliphatic rings. The number of nitrogens with zero attached hydrogens (tertiary/aromatic N) is 2. The predicted molar refractivity (Wildman–Crippen MR) is 97.7 cm³/mol. The second kappa shape index (κ2) is 7.72. The maximum atomic E-state index is 13.0. The zero-order valence-electron chi connectivity index (χ0n) is 15.3. The third kappa shape index (κ3) is 4.03. The number of hydrogen-bond donors (Lipinski definition) is 1. The highest BCUT2D eigenvalue weighted by molar-refractivity contribution is 5.84. The third-order valence-electron chi connectivity index (χ3n) is 5.05. The minimum absolute atomic E-state index is 0.160. The van der Waals surface area contributed by atoms with Gasteiger partial charge in [-0.25, -0.2) is 0 Å². The Labute approximate surface area is 149 Å². The van der Waals surface area contributed by atoms with Crippen molar-refractivity contribution in [2.24, 2.45) is 5.92 Å². The molecular weight excluding hydrogens is 314 g/mol. The second-order valence-electron chi connectivity index (χ2n) is 6.99. The molecule has 2 atom stereocenters. The van der Waals surface area contributed by atoms with Gasteiger partial charge < -0.3 is 9.64 Å². The van der Waals surface area contributed by atoms with Gasteiger partial charge in [0, 0.05) is 30.3 Å². The first-order chi connectivity index (χ1) is 12.1. The number of aromatic amines is 1. The standard InChI is InChI=1S/C20H27N3O2/c1-14(19-15(2)21-22-16(19)3)20(24)23-11-7-8-17(12-23)13-25-18-9-5-4-6-10-18/h4-6,9-10,14,17H,7-8,11-13H2,1-3H3,(H,21,22)/t14-,17+/m0/s1. The third-order valence-corrected chi connectivity index (χ3v) is 5.05. The van der Waals surface area contributed by atoms with Crippen LogP contribution in [0.2, 0.25) is 0 Å². The van der Waals surface area contributed by atoms with Gasteiger partial charge in [0.25, 0.3) is 0 Å². The summed E-state index contributed by atoms with van der Waals surface area (Å²) in [4.78, 5) is 15.0. The normalized spacial score (nSPS) is 18.8. The first-order valence-corrected chi connectivity index (χ1v) is 9.04. The van der Waals surface area contributed by atoms with Crippen LogP contribution < -0.4 is 4.74 Å². The summed E-state index contributed by atoms with van der Waals surface area (Å²) in [7, 11) is 0. The fourth-order valence-corrected chi connectivity index (χ4v) is 3.73. The Balaban J connectivity index is 1.60. The average molecular weight is 341 g/mol. The number of H-pyrrole nitrogens is 1. The number of benzene rings is 1. The number of amides is 1. The van der Waals surface area contributed by atoms with E-state index in [2.05, 4.69) is 10.2 Å². The van der Waals surface area contributed by atoms with Crippen LogP contribution in [0.15, 0.2) is 30.3 Å². The zero-order chi connectivity index (χ0) is 17.8. The van der Waals surface area contributed by atoms with Crippen LogP contribution in [0.4, 0.5) is 0 Å². The van der Waals surface area contributed by atoms with Crippen LogP contribution in [0.3, 0.4) is 0 Å². The molecular formula is C20H27N3O2. The van der Waals surface area contributed by atoms with Gasteiger partial charge in [0.2, 0.25) is 5.91 Å². The van der Waals surface area contributed by atoms with E-state index in [9.17, 15) is 4.79 Å². The molecule has 0 spiro atoms. The van der Waals surface area contributed by atoms with E-state index in [0.717, 1.165) is 48.6 Å². The van der Waals surface area contributed by atoms with E-state index in [1.807, 2.05) is 56.0 Å². The lowest BCUT2D eigenvalue weighted by atomic mass is 9.94. The number of ether oxygens (including phenoxy) is 1. The van der Waals surface area contributed by atoms with Crippen molar-refractivity contribution in [3.8, 4) is 5.75 Å². The molecule has 1 aromatic carbocycles. The zero-order valence-corrected chi connectivity index (χ0v) is 15.3. The minimum atomic E-state index is -0.160. The van der Waals surface area contributed by atoms with E-state index in [0.29, 0.717) is 12.5 Å². The Kier molecular flexibility index (Phi) is 5.41. The maximum absolute atomic E-state index is 13.0. The summed E-state index contributed by atoms with van der Waals surface area (Å²) in [6, 6.07) is 9.87. The molecule has 1 fully saturated rings. The van der Waals surface area contributed by atoms with Crippen molar-refractivity contribution in [1.29, 1.82) is 0 Å². The number of carbonyl (C=O) groups is 1. The van der Waals surface area contributed by atoms with E-state index in [-0.39, 0.29) is 11.8 Å². The van der Waals surface area contributed by atoms with Crippen LogP contribution in [0.1, 0.15) is 42.6 Å². The molecule has 25 heavy (non-hydrogen) atoms. The number of aromatic nitrogens is 2. The minimum Gasteiger partial charge on any atom is -0.493 e. The lowest BCUT2D eigenvalue weighted by Crippen LogP contribution is -2.43. The van der Waals surface area contributed by atoms with Crippen molar-refractivity contribution in [2.75, 3.05) is 19.7 Å².